The minimum Gasteiger partial charge on any atom is -0.458 e. The third-order valence-corrected chi connectivity index (χ3v) is 11.2. The van der Waals surface area contributed by atoms with Crippen LogP contribution in [0.2, 0.25) is 0 Å². The molecule has 0 aromatic rings. The molecule has 0 bridgehead atoms. The van der Waals surface area contributed by atoms with Gasteiger partial charge in [-0.3, -0.25) is 13.8 Å². The molecule has 0 saturated carbocycles. The van der Waals surface area contributed by atoms with E-state index in [4.69, 9.17) is 19.1 Å². The molecule has 0 aromatic carbocycles. The van der Waals surface area contributed by atoms with Crippen molar-refractivity contribution < 1.29 is 47.8 Å². The van der Waals surface area contributed by atoms with Crippen LogP contribution in [-0.2, 0) is 32.7 Å². The van der Waals surface area contributed by atoms with E-state index in [0.717, 1.165) is 32.1 Å². The van der Waals surface area contributed by atoms with Crippen molar-refractivity contribution in [1.29, 1.82) is 0 Å². The fourth-order valence-electron chi connectivity index (χ4n) is 6.61. The van der Waals surface area contributed by atoms with Crippen LogP contribution in [0.25, 0.3) is 0 Å². The average molecular weight is 831 g/mol. The Bertz CT molecular complexity index is 1000. The van der Waals surface area contributed by atoms with Crippen molar-refractivity contribution in [3.8, 4) is 0 Å². The third kappa shape index (κ3) is 42.4. The minimum atomic E-state index is -4.63. The molecule has 57 heavy (non-hydrogen) atoms. The molecule has 0 saturated heterocycles. The summed E-state index contributed by atoms with van der Waals surface area (Å²) in [7, 11) is -4.63. The molecule has 0 heterocycles. The molecule has 0 aliphatic rings. The van der Waals surface area contributed by atoms with Crippen LogP contribution in [0.4, 0.5) is 0 Å². The fourth-order valence-corrected chi connectivity index (χ4v) is 7.40. The molecular formula is C46H87O10P. The normalized spacial score (nSPS) is 14.0. The van der Waals surface area contributed by atoms with Crippen molar-refractivity contribution in [3.05, 3.63) is 24.3 Å². The van der Waals surface area contributed by atoms with Crippen LogP contribution < -0.4 is 0 Å². The van der Waals surface area contributed by atoms with E-state index in [2.05, 4.69) is 18.4 Å². The van der Waals surface area contributed by atoms with Gasteiger partial charge in [0.25, 0.3) is 0 Å². The lowest BCUT2D eigenvalue weighted by Crippen LogP contribution is -2.29. The number of unbranched alkanes of at least 4 members (excludes halogenated alkanes) is 29. The number of phosphoric acid groups is 1. The Kier molecular flexibility index (Phi) is 41.4. The van der Waals surface area contributed by atoms with E-state index in [0.29, 0.717) is 6.42 Å². The average Bonchev–Trinajstić information content (AvgIpc) is 3.20. The first-order chi connectivity index (χ1) is 27.7. The van der Waals surface area contributed by atoms with E-state index < -0.39 is 51.8 Å². The van der Waals surface area contributed by atoms with Crippen LogP contribution in [0.15, 0.2) is 24.3 Å². The van der Waals surface area contributed by atoms with Crippen molar-refractivity contribution in [2.75, 3.05) is 26.4 Å². The maximum Gasteiger partial charge on any atom is 0.472 e. The highest BCUT2D eigenvalue weighted by atomic mass is 31.2. The highest BCUT2D eigenvalue weighted by Gasteiger charge is 2.27. The summed E-state index contributed by atoms with van der Waals surface area (Å²) in [5.74, 6) is -1.17. The van der Waals surface area contributed by atoms with Crippen molar-refractivity contribution in [2.24, 2.45) is 0 Å². The van der Waals surface area contributed by atoms with E-state index >= 15 is 0 Å². The van der Waals surface area contributed by atoms with Gasteiger partial charge in [0.15, 0.2) is 6.10 Å². The Hall–Kier alpha value is -1.55. The zero-order valence-electron chi connectivity index (χ0n) is 36.6. The van der Waals surface area contributed by atoms with Gasteiger partial charge in [0.1, 0.15) is 12.7 Å². The zero-order valence-corrected chi connectivity index (χ0v) is 37.5. The molecule has 0 radical (unpaired) electrons. The second-order valence-corrected chi connectivity index (χ2v) is 17.3. The number of allylic oxidation sites excluding steroid dienone is 3. The summed E-state index contributed by atoms with van der Waals surface area (Å²) in [4.78, 5) is 34.9. The lowest BCUT2D eigenvalue weighted by atomic mass is 10.0. The Labute approximate surface area is 348 Å². The quantitative estimate of drug-likeness (QED) is 0.0178. The standard InChI is InChI=1S/C46H87O10P/c1-3-5-7-9-11-13-15-17-19-20-21-22-24-26-28-30-32-34-36-38-46(50)56-44(42-55-57(51,52)54-40-43(48)39-47)41-53-45(49)37-35-33-31-29-27-25-23-18-16-14-12-10-8-6-4-2/h31,33,35,37,43-44,47-48H,3-30,32,34,36,38-42H2,1-2H3,(H,51,52)/b33-31+,37-35+/t43-,44+/m0/s1. The van der Waals surface area contributed by atoms with Crippen LogP contribution in [-0.4, -0.2) is 65.7 Å². The first-order valence-corrected chi connectivity index (χ1v) is 24.8. The Morgan fingerprint density at radius 1 is 0.561 bits per heavy atom. The highest BCUT2D eigenvalue weighted by Crippen LogP contribution is 2.43. The highest BCUT2D eigenvalue weighted by molar-refractivity contribution is 7.47. The molecule has 1 unspecified atom stereocenters. The van der Waals surface area contributed by atoms with E-state index in [1.54, 1.807) is 12.2 Å². The third-order valence-electron chi connectivity index (χ3n) is 10.2. The number of aliphatic hydroxyl groups excluding tert-OH is 2. The van der Waals surface area contributed by atoms with E-state index in [-0.39, 0.29) is 13.0 Å². The molecule has 0 spiro atoms. The summed E-state index contributed by atoms with van der Waals surface area (Å²) < 4.78 is 32.6. The second-order valence-electron chi connectivity index (χ2n) is 15.9. The van der Waals surface area contributed by atoms with Gasteiger partial charge in [0, 0.05) is 12.5 Å². The van der Waals surface area contributed by atoms with E-state index in [1.165, 1.54) is 167 Å². The summed E-state index contributed by atoms with van der Waals surface area (Å²) in [6.45, 7) is 2.29. The van der Waals surface area contributed by atoms with Gasteiger partial charge in [-0.05, 0) is 19.3 Å². The first-order valence-electron chi connectivity index (χ1n) is 23.3. The number of ether oxygens (including phenoxy) is 2. The molecule has 0 fully saturated rings. The number of carbonyl (C=O) groups excluding carboxylic acids is 2. The molecular weight excluding hydrogens is 743 g/mol. The largest absolute Gasteiger partial charge is 0.472 e. The molecule has 0 aliphatic carbocycles. The van der Waals surface area contributed by atoms with E-state index in [9.17, 15) is 24.2 Å². The van der Waals surface area contributed by atoms with Gasteiger partial charge in [0.05, 0.1) is 19.8 Å². The minimum absolute atomic E-state index is 0.170. The van der Waals surface area contributed by atoms with Gasteiger partial charge in [-0.15, -0.1) is 0 Å². The van der Waals surface area contributed by atoms with Gasteiger partial charge in [-0.25, -0.2) is 9.36 Å². The smallest absolute Gasteiger partial charge is 0.458 e. The number of carbonyl (C=O) groups is 2. The number of hydrogen-bond donors (Lipinski definition) is 3. The zero-order chi connectivity index (χ0) is 41.9. The molecule has 3 atom stereocenters. The molecule has 0 amide bonds. The van der Waals surface area contributed by atoms with Crippen LogP contribution in [0.3, 0.4) is 0 Å². The first kappa shape index (κ1) is 55.5. The predicted molar refractivity (Wildman–Crippen MR) is 233 cm³/mol. The monoisotopic (exact) mass is 831 g/mol. The molecule has 0 rings (SSSR count). The molecule has 11 heteroatoms. The van der Waals surface area contributed by atoms with Gasteiger partial charge < -0.3 is 24.6 Å². The maximum absolute atomic E-state index is 12.6. The molecule has 10 nitrogen and oxygen atoms in total. The topological polar surface area (TPSA) is 149 Å². The lowest BCUT2D eigenvalue weighted by Gasteiger charge is -2.20. The number of phosphoric ester groups is 1. The molecule has 0 aromatic heterocycles. The SMILES string of the molecule is CCCCCCCCCCCCC/C=C/C=C/C(=O)OC[C@H](COP(=O)(O)OC[C@@H](O)CO)OC(=O)CCCCCCCCCCCCCCCCCCCCC. The van der Waals surface area contributed by atoms with Crippen molar-refractivity contribution >= 4 is 19.8 Å². The lowest BCUT2D eigenvalue weighted by molar-refractivity contribution is -0.159. The Balaban J connectivity index is 4.29. The molecule has 0 aliphatic heterocycles. The van der Waals surface area contributed by atoms with Crippen LogP contribution in [0.1, 0.15) is 219 Å². The second kappa shape index (κ2) is 42.6. The van der Waals surface area contributed by atoms with Crippen molar-refractivity contribution in [2.45, 2.75) is 232 Å². The maximum atomic E-state index is 12.6. The van der Waals surface area contributed by atoms with Gasteiger partial charge in [-0.2, -0.15) is 0 Å². The van der Waals surface area contributed by atoms with Crippen molar-refractivity contribution in [1.82, 2.24) is 0 Å². The summed E-state index contributed by atoms with van der Waals surface area (Å²) in [6, 6.07) is 0. The summed E-state index contributed by atoms with van der Waals surface area (Å²) in [5, 5.41) is 18.3. The Morgan fingerprint density at radius 3 is 1.40 bits per heavy atom. The predicted octanol–water partition coefficient (Wildman–Crippen LogP) is 12.6. The molecule has 336 valence electrons. The summed E-state index contributed by atoms with van der Waals surface area (Å²) in [5.41, 5.74) is 0. The fraction of sp³-hybridized carbons (Fsp3) is 0.870. The van der Waals surface area contributed by atoms with Gasteiger partial charge >= 0.3 is 19.8 Å². The van der Waals surface area contributed by atoms with Crippen LogP contribution in [0, 0.1) is 0 Å². The van der Waals surface area contributed by atoms with Gasteiger partial charge in [-0.1, -0.05) is 212 Å². The van der Waals surface area contributed by atoms with E-state index in [1.807, 2.05) is 6.08 Å². The molecule has 3 N–H and O–H groups in total. The number of aliphatic hydroxyl groups is 2. The van der Waals surface area contributed by atoms with Crippen molar-refractivity contribution in [3.63, 3.8) is 0 Å². The number of rotatable bonds is 44. The number of hydrogen-bond acceptors (Lipinski definition) is 9. The van der Waals surface area contributed by atoms with Gasteiger partial charge in [0.2, 0.25) is 0 Å². The van der Waals surface area contributed by atoms with Crippen LogP contribution >= 0.6 is 7.82 Å². The van der Waals surface area contributed by atoms with Crippen LogP contribution in [0.5, 0.6) is 0 Å². The Morgan fingerprint density at radius 2 is 0.965 bits per heavy atom. The number of esters is 2. The summed E-state index contributed by atoms with van der Waals surface area (Å²) >= 11 is 0. The summed E-state index contributed by atoms with van der Waals surface area (Å²) in [6.07, 6.45) is 43.5.